The number of carbonyl (C=O) groups excluding carboxylic acids is 2. The van der Waals surface area contributed by atoms with Crippen LogP contribution in [0.4, 0.5) is 5.69 Å². The summed E-state index contributed by atoms with van der Waals surface area (Å²) in [6.45, 7) is 5.30. The summed E-state index contributed by atoms with van der Waals surface area (Å²) in [5.74, 6) is -0.350. The predicted octanol–water partition coefficient (Wildman–Crippen LogP) is 4.88. The SMILES string of the molecule is CC(=O)c1cccc(NC(=O)c2cccc(C3OC(CN4CCCC4CO)C(C)C(c4ccc(CO)cc4)O3)c2)c1. The number of ether oxygens (including phenoxy) is 2. The van der Waals surface area contributed by atoms with Gasteiger partial charge in [-0.3, -0.25) is 14.5 Å². The molecule has 41 heavy (non-hydrogen) atoms. The largest absolute Gasteiger partial charge is 0.395 e. The first-order valence-electron chi connectivity index (χ1n) is 14.2. The second-order valence-corrected chi connectivity index (χ2v) is 11.0. The Balaban J connectivity index is 1.39. The van der Waals surface area contributed by atoms with Crippen LogP contribution in [-0.4, -0.2) is 58.6 Å². The molecule has 0 aliphatic carbocycles. The van der Waals surface area contributed by atoms with Crippen LogP contribution in [0.5, 0.6) is 0 Å². The summed E-state index contributed by atoms with van der Waals surface area (Å²) in [5.41, 5.74) is 4.07. The zero-order valence-corrected chi connectivity index (χ0v) is 23.5. The van der Waals surface area contributed by atoms with Gasteiger partial charge in [0.25, 0.3) is 5.91 Å². The van der Waals surface area contributed by atoms with E-state index >= 15 is 0 Å². The van der Waals surface area contributed by atoms with Crippen LogP contribution in [0.25, 0.3) is 0 Å². The summed E-state index contributed by atoms with van der Waals surface area (Å²) in [5, 5.41) is 22.3. The molecule has 216 valence electrons. The van der Waals surface area contributed by atoms with Gasteiger partial charge in [-0.25, -0.2) is 0 Å². The van der Waals surface area contributed by atoms with E-state index in [0.717, 1.165) is 36.1 Å². The minimum Gasteiger partial charge on any atom is -0.395 e. The summed E-state index contributed by atoms with van der Waals surface area (Å²) in [7, 11) is 0. The van der Waals surface area contributed by atoms with Gasteiger partial charge in [-0.15, -0.1) is 0 Å². The average Bonchev–Trinajstić information content (AvgIpc) is 3.45. The number of aliphatic hydroxyl groups excluding tert-OH is 2. The number of likely N-dealkylation sites (tertiary alicyclic amines) is 1. The summed E-state index contributed by atoms with van der Waals surface area (Å²) in [6.07, 6.45) is 0.868. The van der Waals surface area contributed by atoms with Crippen LogP contribution >= 0.6 is 0 Å². The second-order valence-electron chi connectivity index (χ2n) is 11.0. The minimum atomic E-state index is -0.706. The van der Waals surface area contributed by atoms with Crippen molar-refractivity contribution in [1.29, 1.82) is 0 Å². The molecule has 3 aromatic carbocycles. The van der Waals surface area contributed by atoms with Crippen molar-refractivity contribution in [1.82, 2.24) is 4.90 Å². The van der Waals surface area contributed by atoms with Gasteiger partial charge < -0.3 is 25.0 Å². The molecule has 8 nitrogen and oxygen atoms in total. The number of Topliss-reactive ketones (excluding diaryl/α,β-unsaturated/α-hetero) is 1. The summed E-state index contributed by atoms with van der Waals surface area (Å²) in [4.78, 5) is 27.2. The molecule has 2 saturated heterocycles. The predicted molar refractivity (Wildman–Crippen MR) is 155 cm³/mol. The van der Waals surface area contributed by atoms with Gasteiger partial charge in [-0.05, 0) is 61.7 Å². The molecule has 1 amide bonds. The van der Waals surface area contributed by atoms with Crippen molar-refractivity contribution < 1.29 is 29.3 Å². The standard InChI is InChI=1S/C33H38N2O6/c1-21-30(18-35-15-5-10-29(35)20-37)40-33(41-31(21)24-13-11-23(19-36)12-14-24)27-8-3-7-26(16-27)32(39)34-28-9-4-6-25(17-28)22(2)38/h3-4,6-9,11-14,16-17,21,29-31,33,36-37H,5,10,15,18-20H2,1-2H3,(H,34,39). The van der Waals surface area contributed by atoms with E-state index in [4.69, 9.17) is 9.47 Å². The number of hydrogen-bond acceptors (Lipinski definition) is 7. The molecular formula is C33H38N2O6. The zero-order chi connectivity index (χ0) is 28.9. The number of carbonyl (C=O) groups is 2. The Labute approximate surface area is 240 Å². The van der Waals surface area contributed by atoms with Crippen LogP contribution in [0, 0.1) is 5.92 Å². The Bertz CT molecular complexity index is 1360. The normalized spacial score (nSPS) is 24.7. The molecule has 5 unspecified atom stereocenters. The molecule has 2 fully saturated rings. The van der Waals surface area contributed by atoms with Gasteiger partial charge in [0.1, 0.15) is 0 Å². The van der Waals surface area contributed by atoms with E-state index in [0.29, 0.717) is 23.4 Å². The second kappa shape index (κ2) is 13.1. The Morgan fingerprint density at radius 2 is 1.71 bits per heavy atom. The maximum Gasteiger partial charge on any atom is 0.255 e. The third-order valence-electron chi connectivity index (χ3n) is 8.20. The lowest BCUT2D eigenvalue weighted by Crippen LogP contribution is -2.46. The lowest BCUT2D eigenvalue weighted by atomic mass is 9.90. The molecule has 0 aromatic heterocycles. The summed E-state index contributed by atoms with van der Waals surface area (Å²) >= 11 is 0. The molecule has 5 atom stereocenters. The Morgan fingerprint density at radius 3 is 2.44 bits per heavy atom. The molecular weight excluding hydrogens is 520 g/mol. The number of hydrogen-bond donors (Lipinski definition) is 3. The van der Waals surface area contributed by atoms with Gasteiger partial charge in [-0.2, -0.15) is 0 Å². The number of rotatable bonds is 9. The molecule has 8 heteroatoms. The number of anilines is 1. The molecule has 3 aromatic rings. The van der Waals surface area contributed by atoms with Gasteiger partial charge in [0.2, 0.25) is 0 Å². The van der Waals surface area contributed by atoms with Gasteiger partial charge in [0, 0.05) is 40.9 Å². The van der Waals surface area contributed by atoms with Crippen molar-refractivity contribution in [3.05, 3.63) is 101 Å². The van der Waals surface area contributed by atoms with Crippen LogP contribution in [-0.2, 0) is 16.1 Å². The van der Waals surface area contributed by atoms with E-state index in [1.165, 1.54) is 6.92 Å². The van der Waals surface area contributed by atoms with E-state index < -0.39 is 6.29 Å². The number of benzene rings is 3. The van der Waals surface area contributed by atoms with E-state index in [2.05, 4.69) is 17.1 Å². The average molecular weight is 559 g/mol. The van der Waals surface area contributed by atoms with Gasteiger partial charge in [-0.1, -0.05) is 55.5 Å². The fourth-order valence-electron chi connectivity index (χ4n) is 5.75. The molecule has 2 aliphatic rings. The molecule has 0 radical (unpaired) electrons. The van der Waals surface area contributed by atoms with E-state index in [-0.39, 0.29) is 49.1 Å². The van der Waals surface area contributed by atoms with Crippen molar-refractivity contribution >= 4 is 17.4 Å². The first kappa shape index (κ1) is 29.1. The number of ketones is 1. The Morgan fingerprint density at radius 1 is 0.951 bits per heavy atom. The monoisotopic (exact) mass is 558 g/mol. The Hall–Kier alpha value is -3.40. The molecule has 3 N–H and O–H groups in total. The van der Waals surface area contributed by atoms with Crippen molar-refractivity contribution in [2.75, 3.05) is 25.0 Å². The van der Waals surface area contributed by atoms with Gasteiger partial charge >= 0.3 is 0 Å². The van der Waals surface area contributed by atoms with Crippen molar-refractivity contribution in [2.24, 2.45) is 5.92 Å². The highest BCUT2D eigenvalue weighted by molar-refractivity contribution is 6.05. The maximum absolute atomic E-state index is 13.2. The van der Waals surface area contributed by atoms with E-state index in [9.17, 15) is 19.8 Å². The lowest BCUT2D eigenvalue weighted by molar-refractivity contribution is -0.276. The van der Waals surface area contributed by atoms with Gasteiger partial charge in [0.05, 0.1) is 25.4 Å². The highest BCUT2D eigenvalue weighted by Crippen LogP contribution is 2.42. The number of amides is 1. The van der Waals surface area contributed by atoms with Crippen molar-refractivity contribution in [3.63, 3.8) is 0 Å². The van der Waals surface area contributed by atoms with Crippen LogP contribution < -0.4 is 5.32 Å². The zero-order valence-electron chi connectivity index (χ0n) is 23.5. The first-order chi connectivity index (χ1) is 19.9. The molecule has 0 spiro atoms. The molecule has 2 aliphatic heterocycles. The topological polar surface area (TPSA) is 108 Å². The minimum absolute atomic E-state index is 0.0196. The highest BCUT2D eigenvalue weighted by Gasteiger charge is 2.40. The number of aliphatic hydroxyl groups is 2. The fraction of sp³-hybridized carbons (Fsp3) is 0.394. The first-order valence-corrected chi connectivity index (χ1v) is 14.2. The highest BCUT2D eigenvalue weighted by atomic mass is 16.7. The number of nitrogens with zero attached hydrogens (tertiary/aromatic N) is 1. The van der Waals surface area contributed by atoms with E-state index in [1.807, 2.05) is 36.4 Å². The third-order valence-corrected chi connectivity index (χ3v) is 8.20. The smallest absolute Gasteiger partial charge is 0.255 e. The quantitative estimate of drug-likeness (QED) is 0.321. The summed E-state index contributed by atoms with van der Waals surface area (Å²) in [6, 6.07) is 22.0. The molecule has 0 bridgehead atoms. The Kier molecular flexibility index (Phi) is 9.27. The number of nitrogens with one attached hydrogen (secondary N) is 1. The van der Waals surface area contributed by atoms with Crippen molar-refractivity contribution in [3.8, 4) is 0 Å². The maximum atomic E-state index is 13.2. The molecule has 2 heterocycles. The molecule has 0 saturated carbocycles. The summed E-state index contributed by atoms with van der Waals surface area (Å²) < 4.78 is 13.1. The van der Waals surface area contributed by atoms with Crippen LogP contribution in [0.15, 0.2) is 72.8 Å². The molecule has 5 rings (SSSR count). The van der Waals surface area contributed by atoms with Crippen molar-refractivity contribution in [2.45, 2.75) is 57.8 Å². The lowest BCUT2D eigenvalue weighted by Gasteiger charge is -2.43. The fourth-order valence-corrected chi connectivity index (χ4v) is 5.75. The van der Waals surface area contributed by atoms with Crippen LogP contribution in [0.1, 0.15) is 76.5 Å². The van der Waals surface area contributed by atoms with Crippen LogP contribution in [0.3, 0.4) is 0 Å². The van der Waals surface area contributed by atoms with E-state index in [1.54, 1.807) is 36.4 Å². The van der Waals surface area contributed by atoms with Crippen LogP contribution in [0.2, 0.25) is 0 Å². The van der Waals surface area contributed by atoms with Gasteiger partial charge in [0.15, 0.2) is 12.1 Å². The third kappa shape index (κ3) is 6.74.